The van der Waals surface area contributed by atoms with Crippen LogP contribution in [0, 0.1) is 0 Å². The molecule has 0 unspecified atom stereocenters. The zero-order valence-electron chi connectivity index (χ0n) is 12.7. The minimum atomic E-state index is -0.484. The van der Waals surface area contributed by atoms with Gasteiger partial charge in [-0.2, -0.15) is 5.10 Å². The summed E-state index contributed by atoms with van der Waals surface area (Å²) < 4.78 is 17.4. The van der Waals surface area contributed by atoms with Crippen molar-refractivity contribution in [3.8, 4) is 22.9 Å². The zero-order chi connectivity index (χ0) is 15.7. The normalized spacial score (nSPS) is 13.8. The molecule has 116 valence electrons. The molecule has 0 amide bonds. The topological polar surface area (TPSA) is 75.5 Å². The number of hydrogen-bond acceptors (Lipinski definition) is 6. The average Bonchev–Trinajstić information content (AvgIpc) is 3.26. The molecule has 0 aromatic carbocycles. The SMILES string of the molecule is COC(=O)c1cc(-c2cnc(OC3CC3)cc2OC)n(C)n1. The largest absolute Gasteiger partial charge is 0.496 e. The molecule has 0 saturated heterocycles. The second-order valence-corrected chi connectivity index (χ2v) is 5.07. The molecule has 3 rings (SSSR count). The lowest BCUT2D eigenvalue weighted by Crippen LogP contribution is -2.03. The van der Waals surface area contributed by atoms with Crippen LogP contribution in [0.5, 0.6) is 11.6 Å². The molecule has 0 radical (unpaired) electrons. The van der Waals surface area contributed by atoms with Crippen molar-refractivity contribution in [3.63, 3.8) is 0 Å². The van der Waals surface area contributed by atoms with Crippen LogP contribution in [-0.4, -0.2) is 41.1 Å². The fraction of sp³-hybridized carbons (Fsp3) is 0.400. The highest BCUT2D eigenvalue weighted by Crippen LogP contribution is 2.34. The van der Waals surface area contributed by atoms with E-state index in [-0.39, 0.29) is 11.8 Å². The third kappa shape index (κ3) is 2.74. The maximum absolute atomic E-state index is 11.6. The van der Waals surface area contributed by atoms with Crippen LogP contribution >= 0.6 is 0 Å². The minimum absolute atomic E-state index is 0.236. The Kier molecular flexibility index (Phi) is 3.70. The Balaban J connectivity index is 1.96. The second-order valence-electron chi connectivity index (χ2n) is 5.07. The Morgan fingerprint density at radius 2 is 2.09 bits per heavy atom. The molecule has 0 atom stereocenters. The van der Waals surface area contributed by atoms with E-state index < -0.39 is 5.97 Å². The summed E-state index contributed by atoms with van der Waals surface area (Å²) in [7, 11) is 4.65. The number of pyridine rings is 1. The zero-order valence-corrected chi connectivity index (χ0v) is 12.7. The third-order valence-electron chi connectivity index (χ3n) is 3.42. The summed E-state index contributed by atoms with van der Waals surface area (Å²) in [4.78, 5) is 15.9. The lowest BCUT2D eigenvalue weighted by molar-refractivity contribution is 0.0593. The molecule has 22 heavy (non-hydrogen) atoms. The fourth-order valence-corrected chi connectivity index (χ4v) is 2.12. The first-order valence-corrected chi connectivity index (χ1v) is 6.95. The molecular formula is C15H17N3O4. The van der Waals surface area contributed by atoms with E-state index in [1.54, 1.807) is 37.2 Å². The van der Waals surface area contributed by atoms with Gasteiger partial charge in [0.05, 0.1) is 25.5 Å². The number of carbonyl (C=O) groups is 1. The lowest BCUT2D eigenvalue weighted by atomic mass is 10.2. The van der Waals surface area contributed by atoms with Gasteiger partial charge in [0.15, 0.2) is 5.69 Å². The monoisotopic (exact) mass is 303 g/mol. The Bertz CT molecular complexity index is 707. The summed E-state index contributed by atoms with van der Waals surface area (Å²) in [5.41, 5.74) is 1.68. The maximum Gasteiger partial charge on any atom is 0.358 e. The van der Waals surface area contributed by atoms with E-state index in [1.807, 2.05) is 0 Å². The van der Waals surface area contributed by atoms with Crippen LogP contribution in [0.3, 0.4) is 0 Å². The number of nitrogens with zero attached hydrogens (tertiary/aromatic N) is 3. The van der Waals surface area contributed by atoms with Gasteiger partial charge < -0.3 is 14.2 Å². The van der Waals surface area contributed by atoms with Crippen molar-refractivity contribution in [1.29, 1.82) is 0 Å². The van der Waals surface area contributed by atoms with E-state index in [1.165, 1.54) is 7.11 Å². The van der Waals surface area contributed by atoms with Gasteiger partial charge in [0.25, 0.3) is 0 Å². The Morgan fingerprint density at radius 3 is 2.73 bits per heavy atom. The van der Waals surface area contributed by atoms with Gasteiger partial charge in [-0.05, 0) is 18.9 Å². The molecule has 2 aromatic rings. The van der Waals surface area contributed by atoms with Gasteiger partial charge in [-0.3, -0.25) is 4.68 Å². The number of aryl methyl sites for hydroxylation is 1. The smallest absolute Gasteiger partial charge is 0.358 e. The summed E-state index contributed by atoms with van der Waals surface area (Å²) in [6.45, 7) is 0. The Morgan fingerprint density at radius 1 is 1.32 bits per heavy atom. The molecular weight excluding hydrogens is 286 g/mol. The molecule has 2 heterocycles. The minimum Gasteiger partial charge on any atom is -0.496 e. The van der Waals surface area contributed by atoms with Gasteiger partial charge >= 0.3 is 5.97 Å². The van der Waals surface area contributed by atoms with Gasteiger partial charge in [-0.25, -0.2) is 9.78 Å². The van der Waals surface area contributed by atoms with Crippen molar-refractivity contribution >= 4 is 5.97 Å². The highest BCUT2D eigenvalue weighted by Gasteiger charge is 2.25. The number of carbonyl (C=O) groups excluding carboxylic acids is 1. The summed E-state index contributed by atoms with van der Waals surface area (Å²) >= 11 is 0. The van der Waals surface area contributed by atoms with E-state index in [4.69, 9.17) is 9.47 Å². The number of esters is 1. The van der Waals surface area contributed by atoms with Crippen LogP contribution < -0.4 is 9.47 Å². The van der Waals surface area contributed by atoms with Crippen LogP contribution in [0.4, 0.5) is 0 Å². The molecule has 0 bridgehead atoms. The standard InChI is InChI=1S/C15H17N3O4/c1-18-12(6-11(17-18)15(19)21-3)10-8-16-14(7-13(10)20-2)22-9-4-5-9/h6-9H,4-5H2,1-3H3. The van der Waals surface area contributed by atoms with Crippen molar-refractivity contribution in [2.45, 2.75) is 18.9 Å². The highest BCUT2D eigenvalue weighted by atomic mass is 16.5. The van der Waals surface area contributed by atoms with Gasteiger partial charge in [-0.15, -0.1) is 0 Å². The van der Waals surface area contributed by atoms with Crippen LogP contribution in [0.2, 0.25) is 0 Å². The molecule has 1 aliphatic rings. The third-order valence-corrected chi connectivity index (χ3v) is 3.42. The summed E-state index contributed by atoms with van der Waals surface area (Å²) in [5.74, 6) is 0.672. The van der Waals surface area contributed by atoms with E-state index in [0.717, 1.165) is 18.4 Å². The fourth-order valence-electron chi connectivity index (χ4n) is 2.12. The lowest BCUT2D eigenvalue weighted by Gasteiger charge is -2.10. The number of ether oxygens (including phenoxy) is 3. The van der Waals surface area contributed by atoms with Crippen LogP contribution in [-0.2, 0) is 11.8 Å². The molecule has 1 fully saturated rings. The van der Waals surface area contributed by atoms with Gasteiger partial charge in [0, 0.05) is 19.3 Å². The molecule has 2 aromatic heterocycles. The predicted octanol–water partition coefficient (Wildman–Crippen LogP) is 1.82. The quantitative estimate of drug-likeness (QED) is 0.784. The summed E-state index contributed by atoms with van der Waals surface area (Å²) in [5, 5.41) is 4.14. The number of methoxy groups -OCH3 is 2. The highest BCUT2D eigenvalue weighted by molar-refractivity contribution is 5.89. The first-order chi connectivity index (χ1) is 10.6. The van der Waals surface area contributed by atoms with E-state index >= 15 is 0 Å². The van der Waals surface area contributed by atoms with Crippen LogP contribution in [0.25, 0.3) is 11.3 Å². The summed E-state index contributed by atoms with van der Waals surface area (Å²) in [6.07, 6.45) is 4.06. The average molecular weight is 303 g/mol. The van der Waals surface area contributed by atoms with Gasteiger partial charge in [-0.1, -0.05) is 0 Å². The first-order valence-electron chi connectivity index (χ1n) is 6.95. The molecule has 0 spiro atoms. The van der Waals surface area contributed by atoms with Crippen molar-refractivity contribution in [3.05, 3.63) is 24.0 Å². The van der Waals surface area contributed by atoms with E-state index in [9.17, 15) is 4.79 Å². The molecule has 1 aliphatic carbocycles. The van der Waals surface area contributed by atoms with Crippen molar-refractivity contribution in [1.82, 2.24) is 14.8 Å². The molecule has 1 saturated carbocycles. The maximum atomic E-state index is 11.6. The number of hydrogen-bond donors (Lipinski definition) is 0. The second kappa shape index (κ2) is 5.67. The molecule has 7 heteroatoms. The van der Waals surface area contributed by atoms with Crippen molar-refractivity contribution in [2.75, 3.05) is 14.2 Å². The van der Waals surface area contributed by atoms with Crippen LogP contribution in [0.15, 0.2) is 18.3 Å². The Hall–Kier alpha value is -2.57. The van der Waals surface area contributed by atoms with Crippen LogP contribution in [0.1, 0.15) is 23.3 Å². The van der Waals surface area contributed by atoms with E-state index in [0.29, 0.717) is 17.3 Å². The van der Waals surface area contributed by atoms with Gasteiger partial charge in [0.2, 0.25) is 5.88 Å². The summed E-state index contributed by atoms with van der Waals surface area (Å²) in [6, 6.07) is 3.39. The number of rotatable bonds is 5. The predicted molar refractivity (Wildman–Crippen MR) is 78.0 cm³/mol. The van der Waals surface area contributed by atoms with Crippen molar-refractivity contribution < 1.29 is 19.0 Å². The van der Waals surface area contributed by atoms with E-state index in [2.05, 4.69) is 14.8 Å². The first kappa shape index (κ1) is 14.4. The molecule has 7 nitrogen and oxygen atoms in total. The number of aromatic nitrogens is 3. The molecule has 0 N–H and O–H groups in total. The Labute approximate surface area is 127 Å². The van der Waals surface area contributed by atoms with Gasteiger partial charge in [0.1, 0.15) is 11.9 Å². The van der Waals surface area contributed by atoms with Crippen molar-refractivity contribution in [2.24, 2.45) is 7.05 Å². The molecule has 0 aliphatic heterocycles.